The number of hydrogen-bond donors (Lipinski definition) is 1. The molecule has 0 atom stereocenters. The van der Waals surface area contributed by atoms with E-state index in [1.165, 1.54) is 27.3 Å². The predicted octanol–water partition coefficient (Wildman–Crippen LogP) is 2.67. The zero-order valence-corrected chi connectivity index (χ0v) is 17.8. The van der Waals surface area contributed by atoms with Crippen LogP contribution in [0.4, 0.5) is 0 Å². The summed E-state index contributed by atoms with van der Waals surface area (Å²) in [5.74, 6) is 0.601. The monoisotopic (exact) mass is 418 g/mol. The van der Waals surface area contributed by atoms with Crippen LogP contribution >= 0.6 is 0 Å². The molecule has 0 aromatic heterocycles. The lowest BCUT2D eigenvalue weighted by Crippen LogP contribution is -2.30. The zero-order valence-electron chi connectivity index (χ0n) is 17.0. The minimum Gasteiger partial charge on any atom is -0.493 e. The Kier molecular flexibility index (Phi) is 7.81. The van der Waals surface area contributed by atoms with Crippen LogP contribution in [0.3, 0.4) is 0 Å². The van der Waals surface area contributed by atoms with Crippen molar-refractivity contribution in [2.75, 3.05) is 27.8 Å². The fourth-order valence-electron chi connectivity index (χ4n) is 2.59. The van der Waals surface area contributed by atoms with Crippen LogP contribution in [-0.2, 0) is 21.4 Å². The van der Waals surface area contributed by atoms with Gasteiger partial charge in [-0.3, -0.25) is 4.79 Å². The number of rotatable bonds is 9. The van der Waals surface area contributed by atoms with Gasteiger partial charge in [0, 0.05) is 20.6 Å². The SMILES string of the molecule is C/C=C\c1ccc(OCC(=O)NCc2ccccc2S(=O)(=O)N(C)C)c(OC)c1. The lowest BCUT2D eigenvalue weighted by molar-refractivity contribution is -0.123. The molecular weight excluding hydrogens is 392 g/mol. The quantitative estimate of drug-likeness (QED) is 0.677. The van der Waals surface area contributed by atoms with E-state index in [1.54, 1.807) is 24.3 Å². The van der Waals surface area contributed by atoms with E-state index >= 15 is 0 Å². The van der Waals surface area contributed by atoms with Gasteiger partial charge in [0.25, 0.3) is 5.91 Å². The van der Waals surface area contributed by atoms with Gasteiger partial charge in [0.1, 0.15) is 0 Å². The minimum atomic E-state index is -3.60. The highest BCUT2D eigenvalue weighted by molar-refractivity contribution is 7.89. The van der Waals surface area contributed by atoms with Crippen LogP contribution in [0, 0.1) is 0 Å². The molecule has 29 heavy (non-hydrogen) atoms. The highest BCUT2D eigenvalue weighted by Gasteiger charge is 2.20. The van der Waals surface area contributed by atoms with E-state index in [4.69, 9.17) is 9.47 Å². The van der Waals surface area contributed by atoms with Gasteiger partial charge < -0.3 is 14.8 Å². The number of sulfonamides is 1. The fourth-order valence-corrected chi connectivity index (χ4v) is 3.70. The van der Waals surface area contributed by atoms with Crippen molar-refractivity contribution in [1.82, 2.24) is 9.62 Å². The molecule has 1 amide bonds. The second-order valence-electron chi connectivity index (χ2n) is 6.37. The number of allylic oxidation sites excluding steroid dienone is 1. The molecule has 8 heteroatoms. The Morgan fingerprint density at radius 1 is 1.14 bits per heavy atom. The third-order valence-corrected chi connectivity index (χ3v) is 6.03. The molecule has 2 aromatic carbocycles. The fraction of sp³-hybridized carbons (Fsp3) is 0.286. The average Bonchev–Trinajstić information content (AvgIpc) is 2.71. The number of nitrogens with one attached hydrogen (secondary N) is 1. The first-order chi connectivity index (χ1) is 13.8. The van der Waals surface area contributed by atoms with Crippen LogP contribution in [-0.4, -0.2) is 46.4 Å². The van der Waals surface area contributed by atoms with E-state index in [-0.39, 0.29) is 24.0 Å². The summed E-state index contributed by atoms with van der Waals surface area (Å²) in [5, 5.41) is 2.69. The molecule has 2 rings (SSSR count). The Bertz CT molecular complexity index is 984. The largest absolute Gasteiger partial charge is 0.493 e. The summed E-state index contributed by atoms with van der Waals surface area (Å²) in [6.07, 6.45) is 3.84. The molecular formula is C21H26N2O5S. The summed E-state index contributed by atoms with van der Waals surface area (Å²) < 4.78 is 36.9. The van der Waals surface area contributed by atoms with E-state index in [9.17, 15) is 13.2 Å². The van der Waals surface area contributed by atoms with Crippen LogP contribution in [0.15, 0.2) is 53.4 Å². The topological polar surface area (TPSA) is 84.9 Å². The molecule has 0 saturated heterocycles. The molecule has 0 unspecified atom stereocenters. The molecule has 0 aliphatic rings. The standard InChI is InChI=1S/C21H26N2O5S/c1-5-8-16-11-12-18(19(13-16)27-4)28-15-21(24)22-14-17-9-6-7-10-20(17)29(25,26)23(2)3/h5-13H,14-15H2,1-4H3,(H,22,24)/b8-5-. The number of methoxy groups -OCH3 is 1. The summed E-state index contributed by atoms with van der Waals surface area (Å²) in [4.78, 5) is 12.4. The summed E-state index contributed by atoms with van der Waals surface area (Å²) in [6, 6.07) is 12.0. The van der Waals surface area contributed by atoms with E-state index in [2.05, 4.69) is 5.32 Å². The van der Waals surface area contributed by atoms with Crippen LogP contribution in [0.2, 0.25) is 0 Å². The summed E-state index contributed by atoms with van der Waals surface area (Å²) in [5.41, 5.74) is 1.46. The lowest BCUT2D eigenvalue weighted by atomic mass is 10.2. The van der Waals surface area contributed by atoms with E-state index < -0.39 is 10.0 Å². The Morgan fingerprint density at radius 2 is 1.86 bits per heavy atom. The second kappa shape index (κ2) is 10.1. The maximum Gasteiger partial charge on any atom is 0.258 e. The van der Waals surface area contributed by atoms with Crippen molar-refractivity contribution in [3.8, 4) is 11.5 Å². The van der Waals surface area contributed by atoms with Gasteiger partial charge in [0.15, 0.2) is 18.1 Å². The van der Waals surface area contributed by atoms with Gasteiger partial charge in [0.05, 0.1) is 12.0 Å². The van der Waals surface area contributed by atoms with Crippen molar-refractivity contribution in [3.63, 3.8) is 0 Å². The number of hydrogen-bond acceptors (Lipinski definition) is 5. The van der Waals surface area contributed by atoms with E-state index in [1.807, 2.05) is 31.2 Å². The molecule has 7 nitrogen and oxygen atoms in total. The van der Waals surface area contributed by atoms with Gasteiger partial charge in [-0.15, -0.1) is 0 Å². The lowest BCUT2D eigenvalue weighted by Gasteiger charge is -2.16. The normalized spacial score (nSPS) is 11.6. The molecule has 1 N–H and O–H groups in total. The zero-order chi connectivity index (χ0) is 21.4. The van der Waals surface area contributed by atoms with Gasteiger partial charge in [0.2, 0.25) is 10.0 Å². The third kappa shape index (κ3) is 5.82. The first-order valence-electron chi connectivity index (χ1n) is 9.00. The molecule has 0 aliphatic carbocycles. The first-order valence-corrected chi connectivity index (χ1v) is 10.4. The van der Waals surface area contributed by atoms with Gasteiger partial charge in [-0.05, 0) is 36.2 Å². The molecule has 0 radical (unpaired) electrons. The summed E-state index contributed by atoms with van der Waals surface area (Å²) in [6.45, 7) is 1.77. The highest BCUT2D eigenvalue weighted by Crippen LogP contribution is 2.28. The van der Waals surface area contributed by atoms with Crippen LogP contribution in [0.25, 0.3) is 6.08 Å². The van der Waals surface area contributed by atoms with Crippen molar-refractivity contribution in [2.45, 2.75) is 18.4 Å². The predicted molar refractivity (Wildman–Crippen MR) is 112 cm³/mol. The van der Waals surface area contributed by atoms with E-state index in [0.29, 0.717) is 17.1 Å². The summed E-state index contributed by atoms with van der Waals surface area (Å²) >= 11 is 0. The molecule has 0 aliphatic heterocycles. The Hall–Kier alpha value is -2.84. The van der Waals surface area contributed by atoms with Gasteiger partial charge >= 0.3 is 0 Å². The second-order valence-corrected chi connectivity index (χ2v) is 8.49. The van der Waals surface area contributed by atoms with Crippen LogP contribution in [0.5, 0.6) is 11.5 Å². The number of carbonyl (C=O) groups is 1. The maximum atomic E-state index is 12.4. The average molecular weight is 419 g/mol. The van der Waals surface area contributed by atoms with Gasteiger partial charge in [-0.25, -0.2) is 12.7 Å². The maximum absolute atomic E-state index is 12.4. The Morgan fingerprint density at radius 3 is 2.52 bits per heavy atom. The van der Waals surface area contributed by atoms with Crippen LogP contribution < -0.4 is 14.8 Å². The third-order valence-electron chi connectivity index (χ3n) is 4.11. The number of nitrogens with zero attached hydrogens (tertiary/aromatic N) is 1. The highest BCUT2D eigenvalue weighted by atomic mass is 32.2. The van der Waals surface area contributed by atoms with Crippen molar-refractivity contribution in [2.24, 2.45) is 0 Å². The minimum absolute atomic E-state index is 0.0722. The summed E-state index contributed by atoms with van der Waals surface area (Å²) in [7, 11) is 0.863. The Balaban J connectivity index is 2.02. The Labute approximate surface area is 172 Å². The first kappa shape index (κ1) is 22.4. The number of amides is 1. The van der Waals surface area contributed by atoms with Crippen molar-refractivity contribution in [1.29, 1.82) is 0 Å². The molecule has 0 spiro atoms. The van der Waals surface area contributed by atoms with E-state index in [0.717, 1.165) is 9.87 Å². The molecule has 0 bridgehead atoms. The molecule has 0 saturated carbocycles. The van der Waals surface area contributed by atoms with Crippen molar-refractivity contribution in [3.05, 3.63) is 59.7 Å². The number of ether oxygens (including phenoxy) is 2. The smallest absolute Gasteiger partial charge is 0.258 e. The van der Waals surface area contributed by atoms with Crippen molar-refractivity contribution < 1.29 is 22.7 Å². The number of benzene rings is 2. The molecule has 0 heterocycles. The molecule has 2 aromatic rings. The molecule has 156 valence electrons. The van der Waals surface area contributed by atoms with Crippen LogP contribution in [0.1, 0.15) is 18.1 Å². The van der Waals surface area contributed by atoms with Crippen molar-refractivity contribution >= 4 is 22.0 Å². The molecule has 0 fully saturated rings. The van der Waals surface area contributed by atoms with Gasteiger partial charge in [-0.1, -0.05) is 36.4 Å². The van der Waals surface area contributed by atoms with Gasteiger partial charge in [-0.2, -0.15) is 0 Å². The number of carbonyl (C=O) groups excluding carboxylic acids is 1.